The number of carbonyl (C=O) groups is 1. The number of benzene rings is 1. The second-order valence-corrected chi connectivity index (χ2v) is 5.48. The highest BCUT2D eigenvalue weighted by molar-refractivity contribution is 6.01. The van der Waals surface area contributed by atoms with Crippen LogP contribution >= 0.6 is 0 Å². The number of halogens is 1. The van der Waals surface area contributed by atoms with Crippen LogP contribution in [-0.2, 0) is 0 Å². The van der Waals surface area contributed by atoms with Crippen molar-refractivity contribution in [2.24, 2.45) is 5.41 Å². The van der Waals surface area contributed by atoms with Gasteiger partial charge in [0.25, 0.3) is 0 Å². The molecule has 106 valence electrons. The predicted octanol–water partition coefficient (Wildman–Crippen LogP) is 3.53. The number of para-hydroxylation sites is 1. The van der Waals surface area contributed by atoms with E-state index < -0.39 is 5.82 Å². The van der Waals surface area contributed by atoms with E-state index in [9.17, 15) is 9.18 Å². The van der Waals surface area contributed by atoms with Gasteiger partial charge in [-0.05, 0) is 44.5 Å². The molecule has 0 atom stereocenters. The Morgan fingerprint density at radius 1 is 1.40 bits per heavy atom. The van der Waals surface area contributed by atoms with Gasteiger partial charge in [-0.3, -0.25) is 4.79 Å². The van der Waals surface area contributed by atoms with E-state index in [-0.39, 0.29) is 22.5 Å². The molecule has 20 heavy (non-hydrogen) atoms. The lowest BCUT2D eigenvalue weighted by Gasteiger charge is -2.34. The molecule has 2 aromatic rings. The number of piperidine rings is 1. The van der Waals surface area contributed by atoms with Crippen molar-refractivity contribution in [3.63, 3.8) is 0 Å². The molecule has 0 amide bonds. The molecule has 0 radical (unpaired) electrons. The van der Waals surface area contributed by atoms with Gasteiger partial charge >= 0.3 is 0 Å². The van der Waals surface area contributed by atoms with Gasteiger partial charge in [0.05, 0.1) is 0 Å². The largest absolute Gasteiger partial charge is 0.450 e. The third-order valence-corrected chi connectivity index (χ3v) is 4.44. The molecule has 0 saturated carbocycles. The number of furan rings is 1. The summed E-state index contributed by atoms with van der Waals surface area (Å²) in [5, 5.41) is 3.92. The van der Waals surface area contributed by atoms with Gasteiger partial charge in [0.2, 0.25) is 5.78 Å². The Kier molecular flexibility index (Phi) is 3.34. The van der Waals surface area contributed by atoms with Crippen molar-refractivity contribution in [1.82, 2.24) is 5.32 Å². The van der Waals surface area contributed by atoms with E-state index in [0.29, 0.717) is 5.39 Å². The summed E-state index contributed by atoms with van der Waals surface area (Å²) < 4.78 is 19.2. The molecular formula is C16H18FNO2. The molecule has 1 aliphatic heterocycles. The van der Waals surface area contributed by atoms with Crippen LogP contribution in [0.25, 0.3) is 11.0 Å². The van der Waals surface area contributed by atoms with Gasteiger partial charge in [0.15, 0.2) is 17.2 Å². The van der Waals surface area contributed by atoms with Crippen LogP contribution in [0.2, 0.25) is 0 Å². The molecule has 1 aliphatic rings. The Morgan fingerprint density at radius 3 is 2.80 bits per heavy atom. The normalized spacial score (nSPS) is 18.3. The highest BCUT2D eigenvalue weighted by Crippen LogP contribution is 2.37. The number of Topliss-reactive ketones (excluding diaryl/α,β-unsaturated/α-hetero) is 1. The van der Waals surface area contributed by atoms with Crippen LogP contribution in [0.4, 0.5) is 4.39 Å². The van der Waals surface area contributed by atoms with E-state index in [0.717, 1.165) is 32.4 Å². The molecule has 0 unspecified atom stereocenters. The molecule has 0 aliphatic carbocycles. The van der Waals surface area contributed by atoms with Crippen LogP contribution < -0.4 is 5.32 Å². The summed E-state index contributed by atoms with van der Waals surface area (Å²) in [6, 6.07) is 6.40. The van der Waals surface area contributed by atoms with E-state index in [2.05, 4.69) is 5.32 Å². The van der Waals surface area contributed by atoms with Crippen LogP contribution in [-0.4, -0.2) is 18.9 Å². The summed E-state index contributed by atoms with van der Waals surface area (Å²) in [5.41, 5.74) is -0.189. The van der Waals surface area contributed by atoms with Gasteiger partial charge < -0.3 is 9.73 Å². The Morgan fingerprint density at radius 2 is 2.15 bits per heavy atom. The Balaban J connectivity index is 2.01. The molecule has 3 rings (SSSR count). The van der Waals surface area contributed by atoms with Crippen LogP contribution in [0.15, 0.2) is 28.7 Å². The van der Waals surface area contributed by atoms with E-state index in [1.807, 2.05) is 6.92 Å². The number of hydrogen-bond acceptors (Lipinski definition) is 3. The third kappa shape index (κ3) is 2.04. The van der Waals surface area contributed by atoms with Crippen LogP contribution in [0.3, 0.4) is 0 Å². The molecule has 1 N–H and O–H groups in total. The predicted molar refractivity (Wildman–Crippen MR) is 75.3 cm³/mol. The van der Waals surface area contributed by atoms with E-state index in [1.165, 1.54) is 6.07 Å². The van der Waals surface area contributed by atoms with Crippen LogP contribution in [0.5, 0.6) is 0 Å². The minimum absolute atomic E-state index is 0.0112. The SMILES string of the molecule is CCC1(C(=O)c2cc3cccc(F)c3o2)CCNCC1. The zero-order valence-electron chi connectivity index (χ0n) is 11.5. The lowest BCUT2D eigenvalue weighted by Crippen LogP contribution is -2.41. The van der Waals surface area contributed by atoms with Crippen molar-refractivity contribution in [3.8, 4) is 0 Å². The molecule has 2 heterocycles. The number of carbonyl (C=O) groups excluding carboxylic acids is 1. The maximum atomic E-state index is 13.7. The fourth-order valence-electron chi connectivity index (χ4n) is 3.05. The van der Waals surface area contributed by atoms with Crippen molar-refractivity contribution in [3.05, 3.63) is 35.8 Å². The number of rotatable bonds is 3. The second kappa shape index (κ2) is 5.02. The molecule has 0 bridgehead atoms. The Bertz CT molecular complexity index is 641. The number of hydrogen-bond donors (Lipinski definition) is 1. The Labute approximate surface area is 117 Å². The Hall–Kier alpha value is -1.68. The van der Waals surface area contributed by atoms with Crippen LogP contribution in [0, 0.1) is 11.2 Å². The first kappa shape index (κ1) is 13.3. The molecule has 3 nitrogen and oxygen atoms in total. The van der Waals surface area contributed by atoms with Crippen LogP contribution in [0.1, 0.15) is 36.7 Å². The van der Waals surface area contributed by atoms with Gasteiger partial charge in [-0.1, -0.05) is 19.1 Å². The second-order valence-electron chi connectivity index (χ2n) is 5.48. The topological polar surface area (TPSA) is 42.2 Å². The quantitative estimate of drug-likeness (QED) is 0.871. The molecule has 1 saturated heterocycles. The highest BCUT2D eigenvalue weighted by atomic mass is 19.1. The summed E-state index contributed by atoms with van der Waals surface area (Å²) in [4.78, 5) is 12.8. The van der Waals surface area contributed by atoms with Crippen molar-refractivity contribution < 1.29 is 13.6 Å². The molecule has 4 heteroatoms. The first-order chi connectivity index (χ1) is 9.66. The summed E-state index contributed by atoms with van der Waals surface area (Å²) in [6.07, 6.45) is 2.40. The van der Waals surface area contributed by atoms with Gasteiger partial charge in [-0.2, -0.15) is 0 Å². The zero-order chi connectivity index (χ0) is 14.2. The molecule has 1 aromatic carbocycles. The lowest BCUT2D eigenvalue weighted by molar-refractivity contribution is 0.0688. The third-order valence-electron chi connectivity index (χ3n) is 4.44. The van der Waals surface area contributed by atoms with Gasteiger partial charge in [-0.25, -0.2) is 4.39 Å². The summed E-state index contributed by atoms with van der Waals surface area (Å²) in [5.74, 6) is -0.122. The highest BCUT2D eigenvalue weighted by Gasteiger charge is 2.39. The maximum Gasteiger partial charge on any atom is 0.204 e. The summed E-state index contributed by atoms with van der Waals surface area (Å²) >= 11 is 0. The molecular weight excluding hydrogens is 257 g/mol. The fraction of sp³-hybridized carbons (Fsp3) is 0.438. The average Bonchev–Trinajstić information content (AvgIpc) is 2.92. The lowest BCUT2D eigenvalue weighted by atomic mass is 9.72. The number of fused-ring (bicyclic) bond motifs is 1. The van der Waals surface area contributed by atoms with E-state index in [1.54, 1.807) is 18.2 Å². The first-order valence-corrected chi connectivity index (χ1v) is 7.10. The minimum atomic E-state index is -0.419. The van der Waals surface area contributed by atoms with E-state index in [4.69, 9.17) is 4.42 Å². The van der Waals surface area contributed by atoms with Gasteiger partial charge in [0.1, 0.15) is 0 Å². The first-order valence-electron chi connectivity index (χ1n) is 7.10. The van der Waals surface area contributed by atoms with Gasteiger partial charge in [-0.15, -0.1) is 0 Å². The van der Waals surface area contributed by atoms with Crippen molar-refractivity contribution in [1.29, 1.82) is 0 Å². The maximum absolute atomic E-state index is 13.7. The van der Waals surface area contributed by atoms with E-state index >= 15 is 0 Å². The van der Waals surface area contributed by atoms with Crippen molar-refractivity contribution in [2.45, 2.75) is 26.2 Å². The fourth-order valence-corrected chi connectivity index (χ4v) is 3.05. The molecule has 1 fully saturated rings. The molecule has 1 aromatic heterocycles. The monoisotopic (exact) mass is 275 g/mol. The standard InChI is InChI=1S/C16H18FNO2/c1-2-16(6-8-18-9-7-16)15(19)13-10-11-4-3-5-12(17)14(11)20-13/h3-5,10,18H,2,6-9H2,1H3. The van der Waals surface area contributed by atoms with Gasteiger partial charge in [0, 0.05) is 10.8 Å². The number of nitrogens with one attached hydrogen (secondary N) is 1. The molecule has 0 spiro atoms. The minimum Gasteiger partial charge on any atom is -0.450 e. The van der Waals surface area contributed by atoms with Crippen molar-refractivity contribution in [2.75, 3.05) is 13.1 Å². The average molecular weight is 275 g/mol. The summed E-state index contributed by atoms with van der Waals surface area (Å²) in [6.45, 7) is 3.72. The summed E-state index contributed by atoms with van der Waals surface area (Å²) in [7, 11) is 0. The smallest absolute Gasteiger partial charge is 0.204 e. The zero-order valence-corrected chi connectivity index (χ0v) is 11.5. The number of ketones is 1. The van der Waals surface area contributed by atoms with Crippen molar-refractivity contribution >= 4 is 16.8 Å².